The molecule has 3 aromatic heterocycles. The molecule has 0 aliphatic carbocycles. The van der Waals surface area contributed by atoms with Gasteiger partial charge in [-0.1, -0.05) is 18.7 Å². The van der Waals surface area contributed by atoms with Crippen LogP contribution in [0.15, 0.2) is 49.3 Å². The van der Waals surface area contributed by atoms with Crippen LogP contribution in [0.3, 0.4) is 0 Å². The zero-order chi connectivity index (χ0) is 25.8. The fourth-order valence-electron chi connectivity index (χ4n) is 4.38. The molecule has 0 saturated carbocycles. The summed E-state index contributed by atoms with van der Waals surface area (Å²) in [5.41, 5.74) is 7.88. The minimum Gasteiger partial charge on any atom is -0.386 e. The Balaban J connectivity index is 1.72. The van der Waals surface area contributed by atoms with Gasteiger partial charge in [-0.15, -0.1) is 0 Å². The van der Waals surface area contributed by atoms with Gasteiger partial charge in [0.05, 0.1) is 17.1 Å². The number of fused-ring (bicyclic) bond motifs is 1. The Morgan fingerprint density at radius 3 is 2.64 bits per heavy atom. The van der Waals surface area contributed by atoms with Gasteiger partial charge in [0.1, 0.15) is 5.65 Å². The molecule has 0 bridgehead atoms. The third-order valence-electron chi connectivity index (χ3n) is 6.28. The number of anilines is 4. The van der Waals surface area contributed by atoms with Crippen LogP contribution in [0.2, 0.25) is 0 Å². The second kappa shape index (κ2) is 10.7. The van der Waals surface area contributed by atoms with Crippen LogP contribution >= 0.6 is 0 Å². The van der Waals surface area contributed by atoms with Gasteiger partial charge in [-0.25, -0.2) is 4.98 Å². The molecule has 4 rings (SSSR count). The third-order valence-corrected chi connectivity index (χ3v) is 6.28. The first-order valence-electron chi connectivity index (χ1n) is 12.1. The van der Waals surface area contributed by atoms with Crippen molar-refractivity contribution in [2.75, 3.05) is 56.8 Å². The highest BCUT2D eigenvalue weighted by atomic mass is 15.2. The average Bonchev–Trinajstić information content (AvgIpc) is 3.46. The number of allylic oxidation sites excluding steroid dienone is 1. The van der Waals surface area contributed by atoms with Crippen LogP contribution in [-0.4, -0.2) is 65.7 Å². The molecule has 0 saturated heterocycles. The monoisotopic (exact) mass is 484 g/mol. The number of likely N-dealkylation sites (N-methyl/N-ethyl adjacent to an activating group) is 2. The summed E-state index contributed by atoms with van der Waals surface area (Å²) in [4.78, 5) is 17.4. The molecular formula is C28H36N8. The van der Waals surface area contributed by atoms with Crippen LogP contribution in [0, 0.1) is 0 Å². The Labute approximate surface area is 213 Å². The molecule has 0 aliphatic rings. The Hall–Kier alpha value is -4.04. The summed E-state index contributed by atoms with van der Waals surface area (Å²) in [6.07, 6.45) is 10.0. The molecule has 1 aromatic carbocycles. The summed E-state index contributed by atoms with van der Waals surface area (Å²) >= 11 is 0. The van der Waals surface area contributed by atoms with Crippen molar-refractivity contribution in [2.45, 2.75) is 6.92 Å². The molecular weight excluding hydrogens is 448 g/mol. The van der Waals surface area contributed by atoms with Crippen molar-refractivity contribution in [1.29, 1.82) is 0 Å². The van der Waals surface area contributed by atoms with E-state index in [0.29, 0.717) is 5.95 Å². The maximum Gasteiger partial charge on any atom is 0.229 e. The number of nitrogens with zero attached hydrogens (tertiary/aromatic N) is 5. The number of nitrogens with one attached hydrogen (secondary N) is 3. The van der Waals surface area contributed by atoms with Gasteiger partial charge in [0.2, 0.25) is 5.95 Å². The van der Waals surface area contributed by atoms with Gasteiger partial charge in [-0.2, -0.15) is 4.98 Å². The van der Waals surface area contributed by atoms with Gasteiger partial charge in [0.15, 0.2) is 0 Å². The predicted molar refractivity (Wildman–Crippen MR) is 154 cm³/mol. The van der Waals surface area contributed by atoms with Crippen LogP contribution in [0.1, 0.15) is 18.2 Å². The van der Waals surface area contributed by atoms with Gasteiger partial charge >= 0.3 is 0 Å². The van der Waals surface area contributed by atoms with Gasteiger partial charge in [0, 0.05) is 74.5 Å². The van der Waals surface area contributed by atoms with Crippen LogP contribution in [-0.2, 0) is 7.05 Å². The first kappa shape index (κ1) is 25.1. The first-order valence-corrected chi connectivity index (χ1v) is 12.1. The number of benzene rings is 1. The number of aromatic amines is 1. The topological polar surface area (TPSA) is 77.0 Å². The van der Waals surface area contributed by atoms with E-state index in [-0.39, 0.29) is 0 Å². The van der Waals surface area contributed by atoms with E-state index in [1.54, 1.807) is 0 Å². The van der Waals surface area contributed by atoms with Crippen molar-refractivity contribution >= 4 is 46.2 Å². The summed E-state index contributed by atoms with van der Waals surface area (Å²) in [6.45, 7) is 8.00. The van der Waals surface area contributed by atoms with Crippen molar-refractivity contribution in [3.8, 4) is 11.3 Å². The van der Waals surface area contributed by atoms with E-state index in [2.05, 4.69) is 88.2 Å². The minimum absolute atomic E-state index is 0.530. The van der Waals surface area contributed by atoms with Gasteiger partial charge in [-0.3, -0.25) is 0 Å². The Bertz CT molecular complexity index is 1390. The summed E-state index contributed by atoms with van der Waals surface area (Å²) in [5, 5.41) is 7.71. The fourth-order valence-corrected chi connectivity index (χ4v) is 4.38. The van der Waals surface area contributed by atoms with E-state index in [1.807, 2.05) is 45.4 Å². The summed E-state index contributed by atoms with van der Waals surface area (Å²) in [6, 6.07) is 8.28. The summed E-state index contributed by atoms with van der Waals surface area (Å²) in [7, 11) is 10.3. The number of aryl methyl sites for hydroxylation is 1. The molecule has 8 nitrogen and oxygen atoms in total. The number of aromatic nitrogens is 4. The van der Waals surface area contributed by atoms with E-state index in [4.69, 9.17) is 9.97 Å². The molecule has 0 spiro atoms. The van der Waals surface area contributed by atoms with Crippen molar-refractivity contribution in [3.05, 3.63) is 60.6 Å². The number of H-pyrrole nitrogens is 1. The molecule has 3 heterocycles. The molecule has 188 valence electrons. The number of hydrogen-bond acceptors (Lipinski definition) is 6. The van der Waals surface area contributed by atoms with Crippen LogP contribution in [0.25, 0.3) is 34.4 Å². The average molecular weight is 485 g/mol. The lowest BCUT2D eigenvalue weighted by Gasteiger charge is -2.24. The predicted octanol–water partition coefficient (Wildman–Crippen LogP) is 5.42. The van der Waals surface area contributed by atoms with E-state index >= 15 is 0 Å². The standard InChI is InChI=1S/C28H36N8/c1-8-10-24-20(9-2)22(18-36(24)7)26-21-13-14-30-27(21)33-28(32-26)31-19-11-12-25(23(17-19)29-3)35(6)16-15-34(4)5/h8-14,17-18,29H,2,15-16H2,1,3-7H3,(H2,30,31,32,33)/b10-8-. The Morgan fingerprint density at radius 2 is 1.94 bits per heavy atom. The number of rotatable bonds is 10. The van der Waals surface area contributed by atoms with E-state index in [0.717, 1.165) is 63.7 Å². The van der Waals surface area contributed by atoms with Crippen molar-refractivity contribution in [3.63, 3.8) is 0 Å². The molecule has 0 fully saturated rings. The summed E-state index contributed by atoms with van der Waals surface area (Å²) < 4.78 is 2.10. The molecule has 36 heavy (non-hydrogen) atoms. The largest absolute Gasteiger partial charge is 0.386 e. The smallest absolute Gasteiger partial charge is 0.229 e. The van der Waals surface area contributed by atoms with E-state index in [1.165, 1.54) is 0 Å². The minimum atomic E-state index is 0.530. The quantitative estimate of drug-likeness (QED) is 0.279. The van der Waals surface area contributed by atoms with Crippen LogP contribution in [0.4, 0.5) is 23.0 Å². The summed E-state index contributed by atoms with van der Waals surface area (Å²) in [5.74, 6) is 0.530. The highest BCUT2D eigenvalue weighted by Crippen LogP contribution is 2.35. The van der Waals surface area contributed by atoms with Gasteiger partial charge < -0.3 is 30.0 Å². The SMILES string of the molecule is C=Cc1c(-c2nc(Nc3ccc(N(C)CCN(C)C)c(NC)c3)nc3[nH]ccc23)cn(C)c1/C=C\C. The Morgan fingerprint density at radius 1 is 1.14 bits per heavy atom. The van der Waals surface area contributed by atoms with Gasteiger partial charge in [-0.05, 0) is 51.4 Å². The molecule has 0 radical (unpaired) electrons. The Kier molecular flexibility index (Phi) is 7.45. The normalized spacial score (nSPS) is 11.5. The second-order valence-electron chi connectivity index (χ2n) is 9.12. The highest BCUT2D eigenvalue weighted by Gasteiger charge is 2.18. The lowest BCUT2D eigenvalue weighted by atomic mass is 10.1. The molecule has 3 N–H and O–H groups in total. The van der Waals surface area contributed by atoms with E-state index in [9.17, 15) is 0 Å². The molecule has 0 amide bonds. The fraction of sp³-hybridized carbons (Fsp3) is 0.286. The first-order chi connectivity index (χ1) is 17.4. The molecule has 0 atom stereocenters. The van der Waals surface area contributed by atoms with Crippen molar-refractivity contribution < 1.29 is 0 Å². The van der Waals surface area contributed by atoms with Gasteiger partial charge in [0.25, 0.3) is 0 Å². The molecule has 4 aromatic rings. The van der Waals surface area contributed by atoms with E-state index < -0.39 is 0 Å². The molecule has 8 heteroatoms. The second-order valence-corrected chi connectivity index (χ2v) is 9.12. The lowest BCUT2D eigenvalue weighted by Crippen LogP contribution is -2.28. The lowest BCUT2D eigenvalue weighted by molar-refractivity contribution is 0.416. The van der Waals surface area contributed by atoms with Crippen LogP contribution < -0.4 is 15.5 Å². The molecule has 0 aliphatic heterocycles. The third kappa shape index (κ3) is 4.99. The maximum atomic E-state index is 4.96. The maximum absolute atomic E-state index is 4.96. The van der Waals surface area contributed by atoms with Crippen molar-refractivity contribution in [2.24, 2.45) is 7.05 Å². The highest BCUT2D eigenvalue weighted by molar-refractivity contribution is 5.95. The zero-order valence-electron chi connectivity index (χ0n) is 22.1. The van der Waals surface area contributed by atoms with Crippen LogP contribution in [0.5, 0.6) is 0 Å². The zero-order valence-corrected chi connectivity index (χ0v) is 22.1. The molecule has 0 unspecified atom stereocenters. The van der Waals surface area contributed by atoms with Crippen molar-refractivity contribution in [1.82, 2.24) is 24.4 Å². The number of hydrogen-bond donors (Lipinski definition) is 3.